The van der Waals surface area contributed by atoms with Gasteiger partial charge in [0.2, 0.25) is 5.91 Å². The van der Waals surface area contributed by atoms with Crippen LogP contribution in [0.15, 0.2) is 22.7 Å². The maximum Gasteiger partial charge on any atom is 0.308 e. The van der Waals surface area contributed by atoms with Gasteiger partial charge < -0.3 is 16.2 Å². The summed E-state index contributed by atoms with van der Waals surface area (Å²) in [4.78, 5) is 21.8. The number of carbonyl (C=O) groups excluding carboxylic acids is 1. The Labute approximate surface area is 113 Å². The summed E-state index contributed by atoms with van der Waals surface area (Å²) in [6.07, 6.45) is 0.555. The average molecular weight is 315 g/mol. The highest BCUT2D eigenvalue weighted by molar-refractivity contribution is 9.10. The minimum absolute atomic E-state index is 0.334. The number of hydrogen-bond acceptors (Lipinski definition) is 3. The molecule has 0 radical (unpaired) electrons. The van der Waals surface area contributed by atoms with Crippen molar-refractivity contribution in [3.05, 3.63) is 28.2 Å². The fourth-order valence-electron chi connectivity index (χ4n) is 1.45. The summed E-state index contributed by atoms with van der Waals surface area (Å²) >= 11 is 3.31. The Morgan fingerprint density at radius 1 is 1.50 bits per heavy atom. The van der Waals surface area contributed by atoms with Gasteiger partial charge in [-0.15, -0.1) is 0 Å². The van der Waals surface area contributed by atoms with Gasteiger partial charge in [0, 0.05) is 22.3 Å². The third kappa shape index (κ3) is 3.73. The van der Waals surface area contributed by atoms with Gasteiger partial charge in [0.15, 0.2) is 0 Å². The second-order valence-electron chi connectivity index (χ2n) is 3.88. The first-order valence-corrected chi connectivity index (χ1v) is 6.31. The number of rotatable bonds is 6. The Balaban J connectivity index is 2.74. The second kappa shape index (κ2) is 6.39. The molecule has 0 aliphatic rings. The Morgan fingerprint density at radius 3 is 2.61 bits per heavy atom. The summed E-state index contributed by atoms with van der Waals surface area (Å²) in [6, 6.07) is 4.89. The molecule has 0 aliphatic carbocycles. The van der Waals surface area contributed by atoms with E-state index in [1.54, 1.807) is 18.2 Å². The van der Waals surface area contributed by atoms with Gasteiger partial charge in [-0.2, -0.15) is 0 Å². The maximum atomic E-state index is 11.0. The van der Waals surface area contributed by atoms with Crippen LogP contribution in [0.3, 0.4) is 0 Å². The van der Waals surface area contributed by atoms with Gasteiger partial charge in [0.25, 0.3) is 0 Å². The van der Waals surface area contributed by atoms with Crippen LogP contribution in [-0.2, 0) is 4.79 Å². The molecule has 0 saturated carbocycles. The minimum Gasteiger partial charge on any atom is -0.481 e. The number of carboxylic acid groups (broad SMARTS) is 1. The Hall–Kier alpha value is -1.56. The van der Waals surface area contributed by atoms with Crippen LogP contribution >= 0.6 is 15.9 Å². The van der Waals surface area contributed by atoms with Crippen LogP contribution in [-0.4, -0.2) is 23.5 Å². The van der Waals surface area contributed by atoms with E-state index in [9.17, 15) is 9.59 Å². The van der Waals surface area contributed by atoms with Crippen LogP contribution in [0.4, 0.5) is 5.69 Å². The highest BCUT2D eigenvalue weighted by Gasteiger charge is 2.15. The van der Waals surface area contributed by atoms with E-state index in [4.69, 9.17) is 10.8 Å². The minimum atomic E-state index is -0.824. The molecule has 4 N–H and O–H groups in total. The molecule has 6 heteroatoms. The molecule has 0 saturated heterocycles. The second-order valence-corrected chi connectivity index (χ2v) is 4.74. The molecule has 1 atom stereocenters. The first-order valence-electron chi connectivity index (χ1n) is 5.51. The maximum absolute atomic E-state index is 11.0. The molecule has 5 nitrogen and oxygen atoms in total. The predicted octanol–water partition coefficient (Wildman–Crippen LogP) is 2.07. The molecule has 1 amide bonds. The van der Waals surface area contributed by atoms with Crippen molar-refractivity contribution in [1.29, 1.82) is 0 Å². The van der Waals surface area contributed by atoms with Crippen LogP contribution < -0.4 is 11.1 Å². The lowest BCUT2D eigenvalue weighted by atomic mass is 10.1. The zero-order chi connectivity index (χ0) is 13.7. The molecule has 0 bridgehead atoms. The molecule has 0 heterocycles. The van der Waals surface area contributed by atoms with Gasteiger partial charge in [-0.1, -0.05) is 6.92 Å². The van der Waals surface area contributed by atoms with E-state index in [2.05, 4.69) is 21.2 Å². The Kier molecular flexibility index (Phi) is 5.15. The number of aliphatic carboxylic acids is 1. The number of amides is 1. The number of carboxylic acids is 1. The lowest BCUT2D eigenvalue weighted by Crippen LogP contribution is -2.22. The van der Waals surface area contributed by atoms with E-state index < -0.39 is 17.8 Å². The molecule has 1 aromatic rings. The van der Waals surface area contributed by atoms with Gasteiger partial charge in [0.1, 0.15) is 0 Å². The number of nitrogens with one attached hydrogen (secondary N) is 1. The third-order valence-corrected chi connectivity index (χ3v) is 3.29. The summed E-state index contributed by atoms with van der Waals surface area (Å²) in [5.41, 5.74) is 6.29. The van der Waals surface area contributed by atoms with Gasteiger partial charge in [-0.05, 0) is 40.5 Å². The largest absolute Gasteiger partial charge is 0.481 e. The molecule has 0 spiro atoms. The summed E-state index contributed by atoms with van der Waals surface area (Å²) in [6.45, 7) is 2.16. The summed E-state index contributed by atoms with van der Waals surface area (Å²) in [7, 11) is 0. The number of anilines is 1. The van der Waals surface area contributed by atoms with Crippen molar-refractivity contribution in [3.8, 4) is 0 Å². The van der Waals surface area contributed by atoms with E-state index in [1.165, 1.54) is 0 Å². The lowest BCUT2D eigenvalue weighted by molar-refractivity contribution is -0.141. The lowest BCUT2D eigenvalue weighted by Gasteiger charge is -2.13. The van der Waals surface area contributed by atoms with E-state index >= 15 is 0 Å². The molecular formula is C12H15BrN2O3. The van der Waals surface area contributed by atoms with Crippen molar-refractivity contribution < 1.29 is 14.7 Å². The number of benzene rings is 1. The monoisotopic (exact) mass is 314 g/mol. The SMILES string of the molecule is CCC(CNc1ccc(C(N)=O)cc1Br)C(=O)O. The van der Waals surface area contributed by atoms with Gasteiger partial charge in [-0.25, -0.2) is 0 Å². The summed E-state index contributed by atoms with van der Waals surface area (Å²) in [5.74, 6) is -1.76. The van der Waals surface area contributed by atoms with Crippen molar-refractivity contribution in [2.45, 2.75) is 13.3 Å². The van der Waals surface area contributed by atoms with Crippen LogP contribution in [0.25, 0.3) is 0 Å². The van der Waals surface area contributed by atoms with Crippen LogP contribution in [0, 0.1) is 5.92 Å². The third-order valence-electron chi connectivity index (χ3n) is 2.63. The standard InChI is InChI=1S/C12H15BrN2O3/c1-2-7(12(17)18)6-15-10-4-3-8(11(14)16)5-9(10)13/h3-5,7,15H,2,6H2,1H3,(H2,14,16)(H,17,18). The summed E-state index contributed by atoms with van der Waals surface area (Å²) < 4.78 is 0.680. The molecule has 1 aromatic carbocycles. The Morgan fingerprint density at radius 2 is 2.17 bits per heavy atom. The normalized spacial score (nSPS) is 11.9. The number of primary amides is 1. The van der Waals surface area contributed by atoms with E-state index in [0.717, 1.165) is 5.69 Å². The quantitative estimate of drug-likeness (QED) is 0.749. The highest BCUT2D eigenvalue weighted by atomic mass is 79.9. The van der Waals surface area contributed by atoms with E-state index in [-0.39, 0.29) is 0 Å². The van der Waals surface area contributed by atoms with Crippen LogP contribution in [0.2, 0.25) is 0 Å². The Bertz CT molecular complexity index is 463. The smallest absolute Gasteiger partial charge is 0.308 e. The number of hydrogen-bond donors (Lipinski definition) is 3. The first kappa shape index (κ1) is 14.5. The van der Waals surface area contributed by atoms with Crippen LogP contribution in [0.5, 0.6) is 0 Å². The number of nitrogens with two attached hydrogens (primary N) is 1. The molecular weight excluding hydrogens is 300 g/mol. The summed E-state index contributed by atoms with van der Waals surface area (Å²) in [5, 5.41) is 12.0. The van der Waals surface area contributed by atoms with Crippen molar-refractivity contribution in [1.82, 2.24) is 0 Å². The van der Waals surface area contributed by atoms with Gasteiger partial charge in [-0.3, -0.25) is 9.59 Å². The van der Waals surface area contributed by atoms with Crippen molar-refractivity contribution in [3.63, 3.8) is 0 Å². The van der Waals surface area contributed by atoms with Crippen molar-refractivity contribution in [2.24, 2.45) is 11.7 Å². The number of carbonyl (C=O) groups is 2. The molecule has 18 heavy (non-hydrogen) atoms. The molecule has 0 aromatic heterocycles. The van der Waals surface area contributed by atoms with Crippen molar-refractivity contribution >= 4 is 33.5 Å². The zero-order valence-electron chi connectivity index (χ0n) is 9.94. The molecule has 0 aliphatic heterocycles. The number of halogens is 1. The molecule has 1 rings (SSSR count). The molecule has 98 valence electrons. The fraction of sp³-hybridized carbons (Fsp3) is 0.333. The van der Waals surface area contributed by atoms with Crippen molar-refractivity contribution in [2.75, 3.05) is 11.9 Å². The average Bonchev–Trinajstić information content (AvgIpc) is 2.30. The first-order chi connectivity index (χ1) is 8.45. The molecule has 0 fully saturated rings. The van der Waals surface area contributed by atoms with Gasteiger partial charge in [0.05, 0.1) is 5.92 Å². The fourth-order valence-corrected chi connectivity index (χ4v) is 1.97. The zero-order valence-corrected chi connectivity index (χ0v) is 11.5. The van der Waals surface area contributed by atoms with E-state index in [1.807, 2.05) is 6.92 Å². The predicted molar refractivity (Wildman–Crippen MR) is 72.6 cm³/mol. The van der Waals surface area contributed by atoms with E-state index in [0.29, 0.717) is 23.0 Å². The van der Waals surface area contributed by atoms with Crippen LogP contribution in [0.1, 0.15) is 23.7 Å². The highest BCUT2D eigenvalue weighted by Crippen LogP contribution is 2.24. The topological polar surface area (TPSA) is 92.4 Å². The molecule has 1 unspecified atom stereocenters. The van der Waals surface area contributed by atoms with Gasteiger partial charge >= 0.3 is 5.97 Å².